The van der Waals surface area contributed by atoms with Gasteiger partial charge in [0.1, 0.15) is 17.9 Å². The number of hydrogen-bond acceptors (Lipinski definition) is 4. The average Bonchev–Trinajstić information content (AvgIpc) is 2.39. The molecular formula is C13H17N3O. The second-order valence-electron chi connectivity index (χ2n) is 4.52. The molecule has 0 radical (unpaired) electrons. The van der Waals surface area contributed by atoms with Gasteiger partial charge in [-0.3, -0.25) is 0 Å². The van der Waals surface area contributed by atoms with E-state index in [4.69, 9.17) is 10.00 Å². The van der Waals surface area contributed by atoms with E-state index in [0.29, 0.717) is 11.7 Å². The van der Waals surface area contributed by atoms with E-state index in [1.54, 1.807) is 12.3 Å². The molecule has 2 rings (SSSR count). The zero-order valence-corrected chi connectivity index (χ0v) is 10.1. The maximum absolute atomic E-state index is 8.75. The number of ether oxygens (including phenoxy) is 1. The molecule has 2 unspecified atom stereocenters. The van der Waals surface area contributed by atoms with Crippen molar-refractivity contribution in [3.63, 3.8) is 0 Å². The summed E-state index contributed by atoms with van der Waals surface area (Å²) in [5, 5.41) is 8.75. The topological polar surface area (TPSA) is 58.8 Å². The standard InChI is InChI=1S/C13H17N3O/c1-2-10-4-3-5-12(8-10)17-13-15-7-6-11(9-14)16-13/h6-7,10,12H,2-5,8H2,1H3. The molecule has 1 aromatic rings. The Hall–Kier alpha value is -1.63. The van der Waals surface area contributed by atoms with Crippen LogP contribution in [0.4, 0.5) is 0 Å². The Bertz CT molecular complexity index is 413. The average molecular weight is 231 g/mol. The zero-order chi connectivity index (χ0) is 12.1. The maximum Gasteiger partial charge on any atom is 0.317 e. The molecule has 2 atom stereocenters. The van der Waals surface area contributed by atoms with Crippen LogP contribution in [0.5, 0.6) is 6.01 Å². The maximum atomic E-state index is 8.75. The summed E-state index contributed by atoms with van der Waals surface area (Å²) in [6, 6.07) is 3.92. The first-order chi connectivity index (χ1) is 8.31. The normalized spacial score (nSPS) is 24.0. The van der Waals surface area contributed by atoms with E-state index < -0.39 is 0 Å². The molecule has 0 aromatic carbocycles. The molecule has 4 heteroatoms. The Morgan fingerprint density at radius 3 is 3.18 bits per heavy atom. The summed E-state index contributed by atoms with van der Waals surface area (Å²) >= 11 is 0. The van der Waals surface area contributed by atoms with Crippen LogP contribution < -0.4 is 4.74 Å². The van der Waals surface area contributed by atoms with Gasteiger partial charge in [0.2, 0.25) is 0 Å². The van der Waals surface area contributed by atoms with Gasteiger partial charge < -0.3 is 4.74 Å². The lowest BCUT2D eigenvalue weighted by molar-refractivity contribution is 0.111. The quantitative estimate of drug-likeness (QED) is 0.802. The molecule has 1 saturated carbocycles. The fourth-order valence-corrected chi connectivity index (χ4v) is 2.33. The predicted octanol–water partition coefficient (Wildman–Crippen LogP) is 2.70. The molecule has 4 nitrogen and oxygen atoms in total. The highest BCUT2D eigenvalue weighted by molar-refractivity contribution is 5.19. The summed E-state index contributed by atoms with van der Waals surface area (Å²) in [5.41, 5.74) is 0.359. The van der Waals surface area contributed by atoms with Gasteiger partial charge in [0, 0.05) is 6.20 Å². The molecule has 1 aromatic heterocycles. The Morgan fingerprint density at radius 1 is 1.53 bits per heavy atom. The van der Waals surface area contributed by atoms with Crippen LogP contribution in [0.2, 0.25) is 0 Å². The van der Waals surface area contributed by atoms with Crippen LogP contribution in [-0.4, -0.2) is 16.1 Å². The number of nitriles is 1. The first kappa shape index (κ1) is 11.8. The molecule has 0 bridgehead atoms. The first-order valence-corrected chi connectivity index (χ1v) is 6.21. The molecule has 1 aliphatic rings. The van der Waals surface area contributed by atoms with Gasteiger partial charge in [-0.15, -0.1) is 0 Å². The minimum absolute atomic E-state index is 0.211. The third-order valence-electron chi connectivity index (χ3n) is 3.33. The van der Waals surface area contributed by atoms with Gasteiger partial charge in [-0.05, 0) is 31.2 Å². The number of nitrogens with zero attached hydrogens (tertiary/aromatic N) is 3. The van der Waals surface area contributed by atoms with Crippen LogP contribution in [0.25, 0.3) is 0 Å². The number of aromatic nitrogens is 2. The largest absolute Gasteiger partial charge is 0.460 e. The molecule has 0 amide bonds. The van der Waals surface area contributed by atoms with E-state index in [1.165, 1.54) is 19.3 Å². The zero-order valence-electron chi connectivity index (χ0n) is 10.1. The van der Waals surface area contributed by atoms with Crippen molar-refractivity contribution in [1.29, 1.82) is 5.26 Å². The highest BCUT2D eigenvalue weighted by Crippen LogP contribution is 2.28. The number of hydrogen-bond donors (Lipinski definition) is 0. The van der Waals surface area contributed by atoms with Crippen molar-refractivity contribution in [3.8, 4) is 12.1 Å². The van der Waals surface area contributed by atoms with Gasteiger partial charge in [0.25, 0.3) is 0 Å². The second-order valence-corrected chi connectivity index (χ2v) is 4.52. The molecule has 0 aliphatic heterocycles. The first-order valence-electron chi connectivity index (χ1n) is 6.21. The minimum Gasteiger partial charge on any atom is -0.460 e. The van der Waals surface area contributed by atoms with Crippen LogP contribution >= 0.6 is 0 Å². The molecule has 90 valence electrons. The van der Waals surface area contributed by atoms with Crippen LogP contribution in [0.3, 0.4) is 0 Å². The van der Waals surface area contributed by atoms with Gasteiger partial charge in [0.05, 0.1) is 0 Å². The van der Waals surface area contributed by atoms with Crippen molar-refractivity contribution in [2.45, 2.75) is 45.1 Å². The summed E-state index contributed by atoms with van der Waals surface area (Å²) < 4.78 is 5.76. The highest BCUT2D eigenvalue weighted by atomic mass is 16.5. The van der Waals surface area contributed by atoms with Crippen molar-refractivity contribution < 1.29 is 4.74 Å². The summed E-state index contributed by atoms with van der Waals surface area (Å²) in [4.78, 5) is 8.09. The van der Waals surface area contributed by atoms with E-state index >= 15 is 0 Å². The van der Waals surface area contributed by atoms with Crippen LogP contribution in [0, 0.1) is 17.2 Å². The third-order valence-corrected chi connectivity index (χ3v) is 3.33. The van der Waals surface area contributed by atoms with Gasteiger partial charge >= 0.3 is 6.01 Å². The van der Waals surface area contributed by atoms with Crippen molar-refractivity contribution in [1.82, 2.24) is 9.97 Å². The predicted molar refractivity (Wildman–Crippen MR) is 63.4 cm³/mol. The Kier molecular flexibility index (Phi) is 3.92. The van der Waals surface area contributed by atoms with Crippen molar-refractivity contribution in [2.75, 3.05) is 0 Å². The molecule has 1 fully saturated rings. The van der Waals surface area contributed by atoms with Crippen LogP contribution in [0.15, 0.2) is 12.3 Å². The molecule has 1 aliphatic carbocycles. The van der Waals surface area contributed by atoms with Gasteiger partial charge in [0.15, 0.2) is 0 Å². The minimum atomic E-state index is 0.211. The smallest absolute Gasteiger partial charge is 0.317 e. The molecule has 0 N–H and O–H groups in total. The van der Waals surface area contributed by atoms with Gasteiger partial charge in [-0.25, -0.2) is 4.98 Å². The van der Waals surface area contributed by atoms with Gasteiger partial charge in [-0.1, -0.05) is 19.8 Å². The Morgan fingerprint density at radius 2 is 2.41 bits per heavy atom. The lowest BCUT2D eigenvalue weighted by atomic mass is 9.86. The van der Waals surface area contributed by atoms with E-state index in [1.807, 2.05) is 6.07 Å². The fraction of sp³-hybridized carbons (Fsp3) is 0.615. The van der Waals surface area contributed by atoms with Crippen molar-refractivity contribution in [2.24, 2.45) is 5.92 Å². The van der Waals surface area contributed by atoms with Crippen LogP contribution in [0.1, 0.15) is 44.7 Å². The summed E-state index contributed by atoms with van der Waals surface area (Å²) in [6.45, 7) is 2.22. The van der Waals surface area contributed by atoms with E-state index in [2.05, 4.69) is 16.9 Å². The molecule has 0 spiro atoms. The summed E-state index contributed by atoms with van der Waals surface area (Å²) in [6.07, 6.45) is 7.65. The summed E-state index contributed by atoms with van der Waals surface area (Å²) in [5.74, 6) is 0.757. The lowest BCUT2D eigenvalue weighted by Crippen LogP contribution is -2.25. The Labute approximate surface area is 102 Å². The molecule has 0 saturated heterocycles. The summed E-state index contributed by atoms with van der Waals surface area (Å²) in [7, 11) is 0. The van der Waals surface area contributed by atoms with E-state index in [-0.39, 0.29) is 6.10 Å². The Balaban J connectivity index is 1.98. The van der Waals surface area contributed by atoms with Crippen molar-refractivity contribution >= 4 is 0 Å². The second kappa shape index (κ2) is 5.62. The van der Waals surface area contributed by atoms with Crippen LogP contribution in [-0.2, 0) is 0 Å². The SMILES string of the molecule is CCC1CCCC(Oc2nccc(C#N)n2)C1. The monoisotopic (exact) mass is 231 g/mol. The molecular weight excluding hydrogens is 214 g/mol. The van der Waals surface area contributed by atoms with E-state index in [9.17, 15) is 0 Å². The number of rotatable bonds is 3. The fourth-order valence-electron chi connectivity index (χ4n) is 2.33. The molecule has 17 heavy (non-hydrogen) atoms. The third kappa shape index (κ3) is 3.16. The highest BCUT2D eigenvalue weighted by Gasteiger charge is 2.22. The van der Waals surface area contributed by atoms with Gasteiger partial charge in [-0.2, -0.15) is 10.2 Å². The lowest BCUT2D eigenvalue weighted by Gasteiger charge is -2.28. The van der Waals surface area contributed by atoms with E-state index in [0.717, 1.165) is 18.8 Å². The van der Waals surface area contributed by atoms with Crippen molar-refractivity contribution in [3.05, 3.63) is 18.0 Å². The molecule has 1 heterocycles.